The van der Waals surface area contributed by atoms with Crippen molar-refractivity contribution < 1.29 is 27.4 Å². The number of benzene rings is 2. The van der Waals surface area contributed by atoms with Gasteiger partial charge in [0.25, 0.3) is 0 Å². The molecule has 182 valence electrons. The fourth-order valence-corrected chi connectivity index (χ4v) is 3.70. The summed E-state index contributed by atoms with van der Waals surface area (Å²) in [4.78, 5) is 16.0. The van der Waals surface area contributed by atoms with Gasteiger partial charge in [0, 0.05) is 29.8 Å². The highest BCUT2D eigenvalue weighted by Gasteiger charge is 2.26. The summed E-state index contributed by atoms with van der Waals surface area (Å²) in [6.07, 6.45) is -1.98. The Kier molecular flexibility index (Phi) is 6.54. The Labute approximate surface area is 199 Å². The number of nitrogens with zero attached hydrogens (tertiary/aromatic N) is 2. The fraction of sp³-hybridized carbons (Fsp3) is 0.200. The molecule has 0 atom stereocenters. The van der Waals surface area contributed by atoms with Crippen LogP contribution in [0.5, 0.6) is 17.2 Å². The maximum absolute atomic E-state index is 12.7. The standard InChI is InChI=1S/C25H23F3N4O3/c1-15-10-16(6-7-20(15)23(29)33)22-13-31-24-21(30-9-8-25(26,27)28)12-19(14-32(22)24)35-18-5-3-4-17(11-18)34-2/h3-7,10-14,30H,8-9H2,1-2H3,(H2,29,33). The summed E-state index contributed by atoms with van der Waals surface area (Å²) in [7, 11) is 1.54. The van der Waals surface area contributed by atoms with Gasteiger partial charge in [0.05, 0.1) is 37.3 Å². The van der Waals surface area contributed by atoms with E-state index in [-0.39, 0.29) is 6.54 Å². The molecule has 0 saturated carbocycles. The molecule has 0 aliphatic heterocycles. The molecule has 3 N–H and O–H groups in total. The summed E-state index contributed by atoms with van der Waals surface area (Å²) in [5, 5.41) is 2.82. The molecule has 7 nitrogen and oxygen atoms in total. The van der Waals surface area contributed by atoms with Crippen molar-refractivity contribution in [2.45, 2.75) is 19.5 Å². The number of ether oxygens (including phenoxy) is 2. The van der Waals surface area contributed by atoms with E-state index in [1.54, 1.807) is 72.2 Å². The summed E-state index contributed by atoms with van der Waals surface area (Å²) in [5.41, 5.74) is 8.73. The second-order valence-corrected chi connectivity index (χ2v) is 7.89. The summed E-state index contributed by atoms with van der Waals surface area (Å²) in [5.74, 6) is 0.941. The van der Waals surface area contributed by atoms with Gasteiger partial charge in [0.15, 0.2) is 5.65 Å². The molecule has 2 heterocycles. The van der Waals surface area contributed by atoms with Gasteiger partial charge in [-0.3, -0.25) is 9.20 Å². The first-order valence-electron chi connectivity index (χ1n) is 10.7. The number of carbonyl (C=O) groups is 1. The van der Waals surface area contributed by atoms with E-state index in [1.165, 1.54) is 7.11 Å². The lowest BCUT2D eigenvalue weighted by molar-refractivity contribution is -0.131. The van der Waals surface area contributed by atoms with Crippen LogP contribution in [0.15, 0.2) is 60.9 Å². The molecule has 2 aromatic carbocycles. The van der Waals surface area contributed by atoms with Gasteiger partial charge in [-0.15, -0.1) is 0 Å². The van der Waals surface area contributed by atoms with Crippen molar-refractivity contribution in [2.24, 2.45) is 5.73 Å². The zero-order chi connectivity index (χ0) is 25.2. The molecule has 4 aromatic rings. The maximum atomic E-state index is 12.7. The van der Waals surface area contributed by atoms with Crippen molar-refractivity contribution in [3.63, 3.8) is 0 Å². The van der Waals surface area contributed by atoms with E-state index in [0.29, 0.717) is 45.4 Å². The predicted molar refractivity (Wildman–Crippen MR) is 126 cm³/mol. The summed E-state index contributed by atoms with van der Waals surface area (Å²) >= 11 is 0. The third-order valence-electron chi connectivity index (χ3n) is 5.37. The number of anilines is 1. The highest BCUT2D eigenvalue weighted by Crippen LogP contribution is 2.33. The van der Waals surface area contributed by atoms with E-state index < -0.39 is 18.5 Å². The molecule has 0 aliphatic rings. The number of imidazole rings is 1. The Morgan fingerprint density at radius 1 is 1.11 bits per heavy atom. The molecule has 2 aromatic heterocycles. The first kappa shape index (κ1) is 23.9. The molecule has 0 fully saturated rings. The van der Waals surface area contributed by atoms with Gasteiger partial charge in [0.2, 0.25) is 5.91 Å². The van der Waals surface area contributed by atoms with Crippen molar-refractivity contribution in [1.29, 1.82) is 0 Å². The number of aromatic nitrogens is 2. The molecule has 10 heteroatoms. The smallest absolute Gasteiger partial charge is 0.390 e. The SMILES string of the molecule is COc1cccc(Oc2cc(NCCC(F)(F)F)c3ncc(-c4ccc(C(N)=O)c(C)c4)n3c2)c1. The second kappa shape index (κ2) is 9.57. The number of methoxy groups -OCH3 is 1. The monoisotopic (exact) mass is 484 g/mol. The van der Waals surface area contributed by atoms with Crippen LogP contribution in [0.3, 0.4) is 0 Å². The van der Waals surface area contributed by atoms with Crippen LogP contribution in [-0.4, -0.2) is 35.1 Å². The molecule has 1 amide bonds. The van der Waals surface area contributed by atoms with Gasteiger partial charge in [-0.2, -0.15) is 13.2 Å². The minimum Gasteiger partial charge on any atom is -0.497 e. The Morgan fingerprint density at radius 2 is 1.89 bits per heavy atom. The molecule has 0 spiro atoms. The topological polar surface area (TPSA) is 90.9 Å². The van der Waals surface area contributed by atoms with Crippen LogP contribution in [0.4, 0.5) is 18.9 Å². The van der Waals surface area contributed by atoms with E-state index in [9.17, 15) is 18.0 Å². The third kappa shape index (κ3) is 5.48. The minimum absolute atomic E-state index is 0.323. The quantitative estimate of drug-likeness (QED) is 0.341. The molecular weight excluding hydrogens is 461 g/mol. The van der Waals surface area contributed by atoms with Gasteiger partial charge in [0.1, 0.15) is 17.2 Å². The number of hydrogen-bond acceptors (Lipinski definition) is 5. The molecule has 0 radical (unpaired) electrons. The lowest BCUT2D eigenvalue weighted by atomic mass is 10.0. The number of halogens is 3. The van der Waals surface area contributed by atoms with Crippen LogP contribution >= 0.6 is 0 Å². The summed E-state index contributed by atoms with van der Waals surface area (Å²) < 4.78 is 51.2. The zero-order valence-electron chi connectivity index (χ0n) is 19.0. The number of amides is 1. The number of hydrogen-bond donors (Lipinski definition) is 2. The van der Waals surface area contributed by atoms with E-state index in [2.05, 4.69) is 10.3 Å². The summed E-state index contributed by atoms with van der Waals surface area (Å²) in [6.45, 7) is 1.45. The third-order valence-corrected chi connectivity index (χ3v) is 5.37. The Bertz CT molecular complexity index is 1380. The number of aryl methyl sites for hydroxylation is 1. The van der Waals surface area contributed by atoms with Crippen LogP contribution in [0, 0.1) is 6.92 Å². The predicted octanol–water partition coefficient (Wildman–Crippen LogP) is 5.57. The van der Waals surface area contributed by atoms with Crippen molar-refractivity contribution in [1.82, 2.24) is 9.38 Å². The van der Waals surface area contributed by atoms with Crippen molar-refractivity contribution in [3.8, 4) is 28.5 Å². The van der Waals surface area contributed by atoms with Gasteiger partial charge < -0.3 is 20.5 Å². The Morgan fingerprint density at radius 3 is 2.57 bits per heavy atom. The van der Waals surface area contributed by atoms with Crippen LogP contribution in [-0.2, 0) is 0 Å². The minimum atomic E-state index is -4.29. The first-order valence-corrected chi connectivity index (χ1v) is 10.7. The number of fused-ring (bicyclic) bond motifs is 1. The van der Waals surface area contributed by atoms with E-state index in [1.807, 2.05) is 0 Å². The summed E-state index contributed by atoms with van der Waals surface area (Å²) in [6, 6.07) is 13.7. The Balaban J connectivity index is 1.77. The average molecular weight is 484 g/mol. The van der Waals surface area contributed by atoms with Crippen LogP contribution < -0.4 is 20.5 Å². The molecule has 35 heavy (non-hydrogen) atoms. The Hall–Kier alpha value is -4.21. The molecule has 0 aliphatic carbocycles. The van der Waals surface area contributed by atoms with Gasteiger partial charge >= 0.3 is 6.18 Å². The number of pyridine rings is 1. The molecular formula is C25H23F3N4O3. The first-order chi connectivity index (χ1) is 16.6. The fourth-order valence-electron chi connectivity index (χ4n) is 3.70. The van der Waals surface area contributed by atoms with E-state index >= 15 is 0 Å². The van der Waals surface area contributed by atoms with Crippen molar-refractivity contribution in [3.05, 3.63) is 72.1 Å². The largest absolute Gasteiger partial charge is 0.497 e. The molecule has 0 saturated heterocycles. The highest BCUT2D eigenvalue weighted by molar-refractivity contribution is 5.95. The highest BCUT2D eigenvalue weighted by atomic mass is 19.4. The number of nitrogens with two attached hydrogens (primary N) is 1. The van der Waals surface area contributed by atoms with Gasteiger partial charge in [-0.1, -0.05) is 12.1 Å². The number of carbonyl (C=O) groups excluding carboxylic acids is 1. The van der Waals surface area contributed by atoms with Crippen molar-refractivity contribution in [2.75, 3.05) is 19.0 Å². The number of rotatable bonds is 8. The van der Waals surface area contributed by atoms with Gasteiger partial charge in [-0.05, 0) is 36.8 Å². The van der Waals surface area contributed by atoms with Crippen LogP contribution in [0.25, 0.3) is 16.9 Å². The van der Waals surface area contributed by atoms with Crippen LogP contribution in [0.2, 0.25) is 0 Å². The normalized spacial score (nSPS) is 11.5. The van der Waals surface area contributed by atoms with Gasteiger partial charge in [-0.25, -0.2) is 4.98 Å². The van der Waals surface area contributed by atoms with E-state index in [4.69, 9.17) is 15.2 Å². The molecule has 0 bridgehead atoms. The maximum Gasteiger partial charge on any atom is 0.390 e. The zero-order valence-corrected chi connectivity index (χ0v) is 19.0. The van der Waals surface area contributed by atoms with Crippen molar-refractivity contribution >= 4 is 17.2 Å². The lowest BCUT2D eigenvalue weighted by Crippen LogP contribution is -2.15. The second-order valence-electron chi connectivity index (χ2n) is 7.89. The molecule has 4 rings (SSSR count). The van der Waals surface area contributed by atoms with Crippen LogP contribution in [0.1, 0.15) is 22.3 Å². The lowest BCUT2D eigenvalue weighted by Gasteiger charge is -2.14. The molecule has 0 unspecified atom stereocenters. The number of primary amides is 1. The number of alkyl halides is 3. The van der Waals surface area contributed by atoms with E-state index in [0.717, 1.165) is 5.56 Å². The number of nitrogens with one attached hydrogen (secondary N) is 1. The average Bonchev–Trinajstić information content (AvgIpc) is 3.22.